The summed E-state index contributed by atoms with van der Waals surface area (Å²) in [6.45, 7) is 8.39. The maximum atomic E-state index is 13.0. The Morgan fingerprint density at radius 2 is 2.07 bits per heavy atom. The summed E-state index contributed by atoms with van der Waals surface area (Å²) in [7, 11) is 0.408. The van der Waals surface area contributed by atoms with E-state index in [1.807, 2.05) is 25.3 Å². The molecule has 4 unspecified atom stereocenters. The molecule has 6 nitrogen and oxygen atoms in total. The van der Waals surface area contributed by atoms with Crippen LogP contribution in [-0.4, -0.2) is 48.8 Å². The summed E-state index contributed by atoms with van der Waals surface area (Å²) in [5.74, 6) is 2.20. The van der Waals surface area contributed by atoms with Gasteiger partial charge in [-0.25, -0.2) is 4.21 Å². The van der Waals surface area contributed by atoms with Crippen molar-refractivity contribution in [2.75, 3.05) is 37.5 Å². The van der Waals surface area contributed by atoms with E-state index in [-0.39, 0.29) is 17.4 Å². The van der Waals surface area contributed by atoms with Crippen molar-refractivity contribution in [1.29, 1.82) is 0 Å². The second kappa shape index (κ2) is 12.9. The first-order chi connectivity index (χ1) is 19.7. The zero-order valence-corrected chi connectivity index (χ0v) is 26.2. The van der Waals surface area contributed by atoms with Gasteiger partial charge in [0.25, 0.3) is 5.91 Å². The Bertz CT molecular complexity index is 1310. The second-order valence-corrected chi connectivity index (χ2v) is 14.1. The van der Waals surface area contributed by atoms with E-state index in [2.05, 4.69) is 47.8 Å². The van der Waals surface area contributed by atoms with E-state index in [0.717, 1.165) is 61.7 Å². The Morgan fingerprint density at radius 1 is 1.24 bits per heavy atom. The lowest BCUT2D eigenvalue weighted by molar-refractivity contribution is 0.0130. The fraction of sp³-hybridized carbons (Fsp3) is 0.545. The summed E-state index contributed by atoms with van der Waals surface area (Å²) in [4.78, 5) is 15.4. The van der Waals surface area contributed by atoms with E-state index >= 15 is 0 Å². The van der Waals surface area contributed by atoms with Gasteiger partial charge in [0, 0.05) is 42.0 Å². The van der Waals surface area contributed by atoms with Crippen LogP contribution in [0, 0.1) is 17.8 Å². The number of anilines is 1. The van der Waals surface area contributed by atoms with E-state index < -0.39 is 11.0 Å². The van der Waals surface area contributed by atoms with E-state index in [0.29, 0.717) is 35.7 Å². The number of hydrogen-bond donors (Lipinski definition) is 1. The number of rotatable bonds is 9. The van der Waals surface area contributed by atoms with Crippen molar-refractivity contribution < 1.29 is 18.5 Å². The average Bonchev–Trinajstić information content (AvgIpc) is 3.09. The van der Waals surface area contributed by atoms with Crippen molar-refractivity contribution in [3.63, 3.8) is 0 Å². The molecular formula is C33H43ClN2O4S. The predicted molar refractivity (Wildman–Crippen MR) is 167 cm³/mol. The molecule has 1 heterocycles. The summed E-state index contributed by atoms with van der Waals surface area (Å²) in [6, 6.07) is 11.9. The fourth-order valence-electron chi connectivity index (χ4n) is 6.75. The third kappa shape index (κ3) is 6.52. The van der Waals surface area contributed by atoms with Crippen LogP contribution in [0.25, 0.3) is 0 Å². The summed E-state index contributed by atoms with van der Waals surface area (Å²) < 4.78 is 27.2. The van der Waals surface area contributed by atoms with Gasteiger partial charge >= 0.3 is 0 Å². The number of nitrogens with one attached hydrogen (secondary N) is 1. The minimum atomic E-state index is -1.40. The lowest BCUT2D eigenvalue weighted by Crippen LogP contribution is -2.49. The highest BCUT2D eigenvalue weighted by Gasteiger charge is 2.44. The summed E-state index contributed by atoms with van der Waals surface area (Å²) >= 11 is 6.41. The maximum Gasteiger partial charge on any atom is 0.263 e. The van der Waals surface area contributed by atoms with Crippen molar-refractivity contribution >= 4 is 34.2 Å². The number of carbonyl (C=O) groups excluding carboxylic acids is 1. The molecule has 3 aliphatic rings. The number of halogens is 1. The van der Waals surface area contributed by atoms with Crippen LogP contribution in [0.1, 0.15) is 67.9 Å². The molecule has 1 saturated carbocycles. The number of carbonyl (C=O) groups is 1. The molecule has 1 amide bonds. The molecule has 1 aliphatic heterocycles. The standard InChI is InChI=1S/C33H43ClN2O4S/c1-5-41(38)35-32(37)24-10-15-31-29(18-24)36(19-25-9-12-27(25)30(39-4)14-8-22(2)3)20-33(21-40-31)16-6-7-23-17-26(34)11-13-28(23)33/h8,10-11,13-15,17-18,22,25,27,30H,5-7,9,12,16,19-21H2,1-4H3,(H,35,37)/b14-8+/t25?,27?,30?,33-,41?/m0/s1. The van der Waals surface area contributed by atoms with Crippen LogP contribution in [-0.2, 0) is 27.6 Å². The number of fused-ring (bicyclic) bond motifs is 3. The highest BCUT2D eigenvalue weighted by Crippen LogP contribution is 2.47. The lowest BCUT2D eigenvalue weighted by Gasteiger charge is -2.46. The van der Waals surface area contributed by atoms with Gasteiger partial charge in [0.2, 0.25) is 0 Å². The van der Waals surface area contributed by atoms with Crippen molar-refractivity contribution in [2.24, 2.45) is 17.8 Å². The summed E-state index contributed by atoms with van der Waals surface area (Å²) in [5.41, 5.74) is 3.86. The molecule has 1 N–H and O–H groups in total. The quantitative estimate of drug-likeness (QED) is 0.335. The number of methoxy groups -OCH3 is 1. The second-order valence-electron chi connectivity index (χ2n) is 12.2. The largest absolute Gasteiger partial charge is 0.490 e. The first-order valence-electron chi connectivity index (χ1n) is 14.9. The molecule has 5 atom stereocenters. The van der Waals surface area contributed by atoms with Gasteiger partial charge in [0.15, 0.2) is 0 Å². The molecule has 2 aliphatic carbocycles. The third-order valence-electron chi connectivity index (χ3n) is 9.08. The van der Waals surface area contributed by atoms with Gasteiger partial charge in [-0.15, -0.1) is 0 Å². The van der Waals surface area contributed by atoms with Crippen molar-refractivity contribution in [1.82, 2.24) is 4.72 Å². The van der Waals surface area contributed by atoms with Gasteiger partial charge in [0.05, 0.1) is 18.4 Å². The Hall–Kier alpha value is -2.35. The lowest BCUT2D eigenvalue weighted by atomic mass is 9.68. The van der Waals surface area contributed by atoms with Crippen LogP contribution in [0.4, 0.5) is 5.69 Å². The minimum Gasteiger partial charge on any atom is -0.490 e. The smallest absolute Gasteiger partial charge is 0.263 e. The first-order valence-corrected chi connectivity index (χ1v) is 16.6. The SMILES string of the molecule is CCS(=O)NC(=O)c1ccc2c(c1)N(CC1CCC1C(/C=C/C(C)C)OC)C[C@@]1(CCCc3cc(Cl)ccc31)CO2. The zero-order valence-electron chi connectivity index (χ0n) is 24.7. The van der Waals surface area contributed by atoms with Crippen molar-refractivity contribution in [3.05, 3.63) is 70.3 Å². The van der Waals surface area contributed by atoms with Crippen LogP contribution in [0.15, 0.2) is 48.6 Å². The normalized spacial score (nSPS) is 25.2. The predicted octanol–water partition coefficient (Wildman–Crippen LogP) is 6.48. The van der Waals surface area contributed by atoms with Crippen LogP contribution >= 0.6 is 11.6 Å². The molecule has 222 valence electrons. The molecule has 0 saturated heterocycles. The van der Waals surface area contributed by atoms with Gasteiger partial charge < -0.3 is 14.4 Å². The number of amides is 1. The number of allylic oxidation sites excluding steroid dienone is 1. The Balaban J connectivity index is 1.50. The minimum absolute atomic E-state index is 0.0893. The van der Waals surface area contributed by atoms with E-state index in [1.54, 1.807) is 13.0 Å². The molecule has 5 rings (SSSR count). The Morgan fingerprint density at radius 3 is 2.78 bits per heavy atom. The molecule has 0 aromatic heterocycles. The first kappa shape index (κ1) is 30.1. The van der Waals surface area contributed by atoms with E-state index in [9.17, 15) is 9.00 Å². The highest BCUT2D eigenvalue weighted by atomic mass is 35.5. The van der Waals surface area contributed by atoms with Crippen molar-refractivity contribution in [2.45, 2.75) is 64.4 Å². The molecule has 0 bridgehead atoms. The fourth-order valence-corrected chi connectivity index (χ4v) is 7.42. The molecular weight excluding hydrogens is 556 g/mol. The number of aryl methyl sites for hydroxylation is 1. The zero-order chi connectivity index (χ0) is 29.1. The van der Waals surface area contributed by atoms with Crippen LogP contribution < -0.4 is 14.4 Å². The molecule has 2 aromatic rings. The van der Waals surface area contributed by atoms with Crippen LogP contribution in [0.2, 0.25) is 5.02 Å². The number of hydrogen-bond acceptors (Lipinski definition) is 5. The molecule has 8 heteroatoms. The molecule has 41 heavy (non-hydrogen) atoms. The van der Waals surface area contributed by atoms with Gasteiger partial charge in [-0.3, -0.25) is 9.52 Å². The monoisotopic (exact) mass is 598 g/mol. The Labute approximate surface area is 252 Å². The van der Waals surface area contributed by atoms with E-state index in [1.165, 1.54) is 11.1 Å². The van der Waals surface area contributed by atoms with Gasteiger partial charge in [-0.1, -0.05) is 50.6 Å². The number of ether oxygens (including phenoxy) is 2. The van der Waals surface area contributed by atoms with Gasteiger partial charge in [-0.2, -0.15) is 0 Å². The number of nitrogens with zero attached hydrogens (tertiary/aromatic N) is 1. The third-order valence-corrected chi connectivity index (χ3v) is 10.3. The molecule has 1 spiro atoms. The molecule has 2 aromatic carbocycles. The van der Waals surface area contributed by atoms with Gasteiger partial charge in [-0.05, 0) is 91.3 Å². The summed E-state index contributed by atoms with van der Waals surface area (Å²) in [5, 5.41) is 0.771. The maximum absolute atomic E-state index is 13.0. The summed E-state index contributed by atoms with van der Waals surface area (Å²) in [6.07, 6.45) is 9.97. The van der Waals surface area contributed by atoms with Crippen molar-refractivity contribution in [3.8, 4) is 5.75 Å². The molecule has 1 fully saturated rings. The molecule has 0 radical (unpaired) electrons. The van der Waals surface area contributed by atoms with Crippen LogP contribution in [0.3, 0.4) is 0 Å². The van der Waals surface area contributed by atoms with Crippen LogP contribution in [0.5, 0.6) is 5.75 Å². The van der Waals surface area contributed by atoms with Gasteiger partial charge in [0.1, 0.15) is 16.7 Å². The highest BCUT2D eigenvalue weighted by molar-refractivity contribution is 7.83. The topological polar surface area (TPSA) is 67.9 Å². The average molecular weight is 599 g/mol. The number of benzene rings is 2. The van der Waals surface area contributed by atoms with E-state index in [4.69, 9.17) is 21.1 Å². The Kier molecular flexibility index (Phi) is 9.47.